The molecule has 1 rings (SSSR count). The zero-order chi connectivity index (χ0) is 12.3. The number of hydrogen-bond donors (Lipinski definition) is 1. The van der Waals surface area contributed by atoms with Gasteiger partial charge in [-0.1, -0.05) is 0 Å². The molecule has 0 bridgehead atoms. The van der Waals surface area contributed by atoms with E-state index in [9.17, 15) is 9.18 Å². The molecule has 0 heterocycles. The van der Waals surface area contributed by atoms with Gasteiger partial charge < -0.3 is 10.2 Å². The van der Waals surface area contributed by atoms with Gasteiger partial charge in [0.2, 0.25) is 5.91 Å². The second-order valence-electron chi connectivity index (χ2n) is 4.22. The molecule has 0 atom stereocenters. The Bertz CT molecular complexity index is 373. The monoisotopic (exact) mass is 224 g/mol. The van der Waals surface area contributed by atoms with E-state index in [2.05, 4.69) is 5.32 Å². The van der Waals surface area contributed by atoms with Crippen LogP contribution in [0.1, 0.15) is 13.8 Å². The average Bonchev–Trinajstić information content (AvgIpc) is 2.28. The zero-order valence-electron chi connectivity index (χ0n) is 10.0. The molecule has 1 amide bonds. The van der Waals surface area contributed by atoms with E-state index in [-0.39, 0.29) is 11.7 Å². The lowest BCUT2D eigenvalue weighted by Crippen LogP contribution is -2.51. The minimum absolute atomic E-state index is 0.0680. The zero-order valence-corrected chi connectivity index (χ0v) is 10.0. The fourth-order valence-electron chi connectivity index (χ4n) is 1.31. The summed E-state index contributed by atoms with van der Waals surface area (Å²) in [6, 6.07) is 5.84. The number of carbonyl (C=O) groups is 1. The summed E-state index contributed by atoms with van der Waals surface area (Å²) in [4.78, 5) is 13.6. The largest absolute Gasteiger partial charge is 0.314 e. The van der Waals surface area contributed by atoms with Gasteiger partial charge in [-0.15, -0.1) is 0 Å². The average molecular weight is 224 g/mol. The van der Waals surface area contributed by atoms with Crippen molar-refractivity contribution in [2.24, 2.45) is 0 Å². The Morgan fingerprint density at radius 3 is 2.25 bits per heavy atom. The summed E-state index contributed by atoms with van der Waals surface area (Å²) in [5, 5.41) is 2.94. The van der Waals surface area contributed by atoms with Crippen molar-refractivity contribution in [3.63, 3.8) is 0 Å². The summed E-state index contributed by atoms with van der Waals surface area (Å²) in [5.41, 5.74) is 0.0399. The SMILES string of the molecule is CNC(C)(C)C(=O)N(C)c1ccc(F)cc1. The van der Waals surface area contributed by atoms with Gasteiger partial charge in [0.05, 0.1) is 5.54 Å². The number of nitrogens with one attached hydrogen (secondary N) is 1. The van der Waals surface area contributed by atoms with Crippen molar-refractivity contribution in [3.05, 3.63) is 30.1 Å². The summed E-state index contributed by atoms with van der Waals surface area (Å²) >= 11 is 0. The Morgan fingerprint density at radius 2 is 1.81 bits per heavy atom. The number of nitrogens with zero attached hydrogens (tertiary/aromatic N) is 1. The van der Waals surface area contributed by atoms with E-state index >= 15 is 0 Å². The Hall–Kier alpha value is -1.42. The lowest BCUT2D eigenvalue weighted by atomic mass is 10.0. The summed E-state index contributed by atoms with van der Waals surface area (Å²) in [7, 11) is 3.41. The number of benzene rings is 1. The van der Waals surface area contributed by atoms with Crippen molar-refractivity contribution >= 4 is 11.6 Å². The first kappa shape index (κ1) is 12.6. The molecule has 1 aromatic rings. The van der Waals surface area contributed by atoms with Crippen molar-refractivity contribution in [2.45, 2.75) is 19.4 Å². The van der Waals surface area contributed by atoms with Crippen LogP contribution in [0.3, 0.4) is 0 Å². The fraction of sp³-hybridized carbons (Fsp3) is 0.417. The predicted octanol–water partition coefficient (Wildman–Crippen LogP) is 1.79. The van der Waals surface area contributed by atoms with Crippen molar-refractivity contribution in [1.29, 1.82) is 0 Å². The molecule has 0 unspecified atom stereocenters. The van der Waals surface area contributed by atoms with E-state index in [1.54, 1.807) is 40.1 Å². The first-order valence-corrected chi connectivity index (χ1v) is 5.11. The van der Waals surface area contributed by atoms with Crippen LogP contribution < -0.4 is 10.2 Å². The number of carbonyl (C=O) groups excluding carboxylic acids is 1. The summed E-state index contributed by atoms with van der Waals surface area (Å²) < 4.78 is 12.7. The molecule has 0 radical (unpaired) electrons. The van der Waals surface area contributed by atoms with E-state index in [4.69, 9.17) is 0 Å². The molecule has 0 aliphatic carbocycles. The molecule has 3 nitrogen and oxygen atoms in total. The highest BCUT2D eigenvalue weighted by atomic mass is 19.1. The van der Waals surface area contributed by atoms with Crippen molar-refractivity contribution in [2.75, 3.05) is 19.0 Å². The number of hydrogen-bond acceptors (Lipinski definition) is 2. The van der Waals surface area contributed by atoms with Gasteiger partial charge in [0.1, 0.15) is 5.82 Å². The van der Waals surface area contributed by atoms with E-state index in [0.717, 1.165) is 0 Å². The normalized spacial score (nSPS) is 11.3. The minimum Gasteiger partial charge on any atom is -0.314 e. The van der Waals surface area contributed by atoms with Crippen LogP contribution in [0, 0.1) is 5.82 Å². The predicted molar refractivity (Wildman–Crippen MR) is 62.9 cm³/mol. The highest BCUT2D eigenvalue weighted by molar-refractivity contribution is 5.99. The smallest absolute Gasteiger partial charge is 0.246 e. The molecule has 1 aromatic carbocycles. The Kier molecular flexibility index (Phi) is 3.65. The second-order valence-corrected chi connectivity index (χ2v) is 4.22. The van der Waals surface area contributed by atoms with Crippen molar-refractivity contribution < 1.29 is 9.18 Å². The van der Waals surface area contributed by atoms with Crippen molar-refractivity contribution in [3.8, 4) is 0 Å². The lowest BCUT2D eigenvalue weighted by molar-refractivity contribution is -0.123. The molecule has 88 valence electrons. The molecule has 0 spiro atoms. The molecule has 0 aromatic heterocycles. The number of anilines is 1. The first-order chi connectivity index (χ1) is 7.38. The van der Waals surface area contributed by atoms with E-state index < -0.39 is 5.54 Å². The molecule has 0 fully saturated rings. The van der Waals surface area contributed by atoms with Gasteiger partial charge in [0, 0.05) is 12.7 Å². The summed E-state index contributed by atoms with van der Waals surface area (Å²) in [6.07, 6.45) is 0. The van der Waals surface area contributed by atoms with Gasteiger partial charge >= 0.3 is 0 Å². The molecule has 16 heavy (non-hydrogen) atoms. The van der Waals surface area contributed by atoms with Crippen molar-refractivity contribution in [1.82, 2.24) is 5.32 Å². The number of halogens is 1. The maximum Gasteiger partial charge on any atom is 0.246 e. The molecule has 0 saturated carbocycles. The van der Waals surface area contributed by atoms with Crippen LogP contribution in [-0.4, -0.2) is 25.5 Å². The standard InChI is InChI=1S/C12H17FN2O/c1-12(2,14-3)11(16)15(4)10-7-5-9(13)6-8-10/h5-8,14H,1-4H3. The van der Waals surface area contributed by atoms with Gasteiger partial charge in [0.25, 0.3) is 0 Å². The van der Waals surface area contributed by atoms with Gasteiger partial charge in [-0.3, -0.25) is 4.79 Å². The van der Waals surface area contributed by atoms with Gasteiger partial charge in [-0.25, -0.2) is 4.39 Å². The van der Waals surface area contributed by atoms with Crippen LogP contribution in [0.4, 0.5) is 10.1 Å². The Labute approximate surface area is 95.3 Å². The third kappa shape index (κ3) is 2.58. The Balaban J connectivity index is 2.90. The third-order valence-corrected chi connectivity index (χ3v) is 2.68. The highest BCUT2D eigenvalue weighted by Crippen LogP contribution is 2.17. The maximum absolute atomic E-state index is 12.7. The molecule has 0 aliphatic heterocycles. The first-order valence-electron chi connectivity index (χ1n) is 5.11. The van der Waals surface area contributed by atoms with Gasteiger partial charge in [-0.05, 0) is 45.2 Å². The summed E-state index contributed by atoms with van der Waals surface area (Å²) in [6.45, 7) is 3.60. The number of likely N-dealkylation sites (N-methyl/N-ethyl adjacent to an activating group) is 2. The van der Waals surface area contributed by atoms with Gasteiger partial charge in [0.15, 0.2) is 0 Å². The number of amides is 1. The molecular weight excluding hydrogens is 207 g/mol. The molecule has 0 aliphatic rings. The quantitative estimate of drug-likeness (QED) is 0.849. The molecule has 1 N–H and O–H groups in total. The maximum atomic E-state index is 12.7. The van der Waals surface area contributed by atoms with Crippen LogP contribution in [-0.2, 0) is 4.79 Å². The third-order valence-electron chi connectivity index (χ3n) is 2.68. The Morgan fingerprint density at radius 1 is 1.31 bits per heavy atom. The topological polar surface area (TPSA) is 32.3 Å². The van der Waals surface area contributed by atoms with Crippen LogP contribution in [0.2, 0.25) is 0 Å². The second kappa shape index (κ2) is 4.61. The highest BCUT2D eigenvalue weighted by Gasteiger charge is 2.28. The van der Waals surface area contributed by atoms with E-state index in [1.807, 2.05) is 0 Å². The van der Waals surface area contributed by atoms with Crippen LogP contribution in [0.5, 0.6) is 0 Å². The van der Waals surface area contributed by atoms with Crippen LogP contribution >= 0.6 is 0 Å². The van der Waals surface area contributed by atoms with Gasteiger partial charge in [-0.2, -0.15) is 0 Å². The van der Waals surface area contributed by atoms with E-state index in [0.29, 0.717) is 5.69 Å². The number of rotatable bonds is 3. The lowest BCUT2D eigenvalue weighted by Gasteiger charge is -2.29. The summed E-state index contributed by atoms with van der Waals surface area (Å²) in [5.74, 6) is -0.376. The van der Waals surface area contributed by atoms with Crippen LogP contribution in [0.25, 0.3) is 0 Å². The fourth-order valence-corrected chi connectivity index (χ4v) is 1.31. The van der Waals surface area contributed by atoms with E-state index in [1.165, 1.54) is 17.0 Å². The van der Waals surface area contributed by atoms with Crippen LogP contribution in [0.15, 0.2) is 24.3 Å². The minimum atomic E-state index is -0.636. The molecule has 0 saturated heterocycles. The molecular formula is C12H17FN2O. The molecule has 4 heteroatoms.